The van der Waals surface area contributed by atoms with Crippen molar-refractivity contribution in [2.75, 3.05) is 0 Å². The molecule has 0 saturated heterocycles. The van der Waals surface area contributed by atoms with E-state index in [2.05, 4.69) is 15.0 Å². The summed E-state index contributed by atoms with van der Waals surface area (Å²) >= 11 is 0. The fraction of sp³-hybridized carbons (Fsp3) is 0. The summed E-state index contributed by atoms with van der Waals surface area (Å²) < 4.78 is 108. The molecule has 0 N–H and O–H groups in total. The third-order valence-electron chi connectivity index (χ3n) is 11.5. The van der Waals surface area contributed by atoms with Crippen LogP contribution in [0.2, 0.25) is 0 Å². The van der Waals surface area contributed by atoms with Gasteiger partial charge in [0.25, 0.3) is 0 Å². The van der Waals surface area contributed by atoms with Crippen molar-refractivity contribution in [2.45, 2.75) is 0 Å². The second-order valence-corrected chi connectivity index (χ2v) is 18.2. The molecule has 320 valence electrons. The number of hydrogen-bond donors (Lipinski definition) is 0. The minimum Gasteiger partial charge on any atom is -0.309 e. The van der Waals surface area contributed by atoms with Crippen molar-refractivity contribution in [1.82, 2.24) is 15.0 Å². The van der Waals surface area contributed by atoms with Crippen LogP contribution in [-0.4, -0.2) is 15.0 Å². The van der Waals surface area contributed by atoms with Crippen LogP contribution in [-0.2, 0) is 4.57 Å². The Morgan fingerprint density at radius 1 is 0.303 bits per heavy atom. The van der Waals surface area contributed by atoms with Crippen LogP contribution in [0.25, 0.3) is 78.3 Å². The maximum atomic E-state index is 16.4. The average Bonchev–Trinajstić information content (AvgIpc) is 3.37. The lowest BCUT2D eigenvalue weighted by atomic mass is 9.91. The zero-order valence-corrected chi connectivity index (χ0v) is 35.3. The molecular weight excluding hydrogens is 864 g/mol. The number of nitrogens with zero attached hydrogens (tertiary/aromatic N) is 3. The molecule has 1 heterocycles. The highest BCUT2D eigenvalue weighted by molar-refractivity contribution is 7.85. The van der Waals surface area contributed by atoms with E-state index in [1.54, 1.807) is 48.5 Å². The Bertz CT molecular complexity index is 3350. The maximum Gasteiger partial charge on any atom is 0.171 e. The lowest BCUT2D eigenvalue weighted by Gasteiger charge is -2.20. The van der Waals surface area contributed by atoms with Crippen molar-refractivity contribution in [2.24, 2.45) is 0 Å². The minimum absolute atomic E-state index is 0.0867. The molecule has 0 unspecified atom stereocenters. The highest BCUT2D eigenvalue weighted by Gasteiger charge is 2.31. The van der Waals surface area contributed by atoms with Crippen LogP contribution >= 0.6 is 7.14 Å². The van der Waals surface area contributed by atoms with Gasteiger partial charge in [-0.3, -0.25) is 0 Å². The molecule has 0 saturated carbocycles. The molecule has 0 aliphatic carbocycles. The number of halogens is 6. The predicted molar refractivity (Wildman–Crippen MR) is 249 cm³/mol. The molecule has 11 heteroatoms. The molecule has 0 radical (unpaired) electrons. The molecule has 10 rings (SSSR count). The van der Waals surface area contributed by atoms with Gasteiger partial charge in [-0.2, -0.15) is 0 Å². The normalized spacial score (nSPS) is 11.5. The standard InChI is InChI=1S/C55H32F6N3OP/c56-38-25-19-36(20-26-38)53-62-54(37-21-27-39(57)28-22-37)64-55(63-53)46-32-31-45(43-13-7-8-14-44(43)46)48-51(60)49(58)47(50(59)52(48)61)35-17-15-33(16-18-35)34-23-29-42(30-24-34)66(65,40-9-3-1-4-10-40)41-11-5-2-6-12-41/h1-32H. The van der Waals surface area contributed by atoms with E-state index >= 15 is 17.6 Å². The van der Waals surface area contributed by atoms with Gasteiger partial charge in [0.15, 0.2) is 47.9 Å². The molecule has 4 nitrogen and oxygen atoms in total. The van der Waals surface area contributed by atoms with E-state index in [1.807, 2.05) is 72.8 Å². The summed E-state index contributed by atoms with van der Waals surface area (Å²) in [6, 6.07) is 52.0. The summed E-state index contributed by atoms with van der Waals surface area (Å²) in [7, 11) is -3.22. The molecule has 0 aliphatic rings. The van der Waals surface area contributed by atoms with Gasteiger partial charge in [-0.25, -0.2) is 41.3 Å². The van der Waals surface area contributed by atoms with Gasteiger partial charge in [-0.15, -0.1) is 0 Å². The first kappa shape index (κ1) is 42.0. The number of fused-ring (bicyclic) bond motifs is 1. The predicted octanol–water partition coefficient (Wildman–Crippen LogP) is 13.5. The molecule has 0 bridgehead atoms. The van der Waals surface area contributed by atoms with E-state index in [4.69, 9.17) is 0 Å². The van der Waals surface area contributed by atoms with E-state index in [0.29, 0.717) is 43.6 Å². The number of aromatic nitrogens is 3. The zero-order valence-electron chi connectivity index (χ0n) is 34.4. The van der Waals surface area contributed by atoms with Crippen LogP contribution in [0.5, 0.6) is 0 Å². The molecule has 0 atom stereocenters. The third-order valence-corrected chi connectivity index (χ3v) is 14.6. The summed E-state index contributed by atoms with van der Waals surface area (Å²) in [6.07, 6.45) is 0. The summed E-state index contributed by atoms with van der Waals surface area (Å²) in [6.45, 7) is 0. The zero-order chi connectivity index (χ0) is 45.5. The molecule has 10 aromatic rings. The summed E-state index contributed by atoms with van der Waals surface area (Å²) in [4.78, 5) is 13.9. The van der Waals surface area contributed by atoms with Crippen LogP contribution in [0.3, 0.4) is 0 Å². The highest BCUT2D eigenvalue weighted by Crippen LogP contribution is 2.44. The van der Waals surface area contributed by atoms with E-state index < -0.39 is 53.2 Å². The van der Waals surface area contributed by atoms with Crippen molar-refractivity contribution in [3.05, 3.63) is 229 Å². The van der Waals surface area contributed by atoms with Crippen molar-refractivity contribution >= 4 is 33.8 Å². The Kier molecular flexibility index (Phi) is 11.0. The van der Waals surface area contributed by atoms with Crippen LogP contribution in [0, 0.1) is 34.9 Å². The molecule has 0 fully saturated rings. The Morgan fingerprint density at radius 3 is 1.14 bits per heavy atom. The number of hydrogen-bond acceptors (Lipinski definition) is 4. The van der Waals surface area contributed by atoms with Crippen LogP contribution in [0.1, 0.15) is 0 Å². The Labute approximate surface area is 375 Å². The van der Waals surface area contributed by atoms with Gasteiger partial charge in [0.1, 0.15) is 11.6 Å². The molecular formula is C55H32F6N3OP. The second kappa shape index (κ2) is 17.2. The molecule has 0 aliphatic heterocycles. The van der Waals surface area contributed by atoms with Crippen LogP contribution in [0.15, 0.2) is 194 Å². The van der Waals surface area contributed by atoms with E-state index in [-0.39, 0.29) is 34.0 Å². The van der Waals surface area contributed by atoms with Gasteiger partial charge in [-0.05, 0) is 87.6 Å². The van der Waals surface area contributed by atoms with Crippen LogP contribution in [0.4, 0.5) is 26.3 Å². The monoisotopic (exact) mass is 895 g/mol. The lowest BCUT2D eigenvalue weighted by molar-refractivity contribution is 0.463. The Balaban J connectivity index is 1.00. The third kappa shape index (κ3) is 7.55. The summed E-state index contributed by atoms with van der Waals surface area (Å²) in [5, 5.41) is 2.63. The molecule has 0 spiro atoms. The minimum atomic E-state index is -3.22. The van der Waals surface area contributed by atoms with E-state index in [0.717, 1.165) is 5.56 Å². The average molecular weight is 896 g/mol. The van der Waals surface area contributed by atoms with E-state index in [9.17, 15) is 13.3 Å². The fourth-order valence-electron chi connectivity index (χ4n) is 8.20. The summed E-state index contributed by atoms with van der Waals surface area (Å²) in [5.41, 5.74) is 0.700. The second-order valence-electron chi connectivity index (χ2n) is 15.4. The maximum absolute atomic E-state index is 16.4. The topological polar surface area (TPSA) is 55.7 Å². The van der Waals surface area contributed by atoms with Crippen molar-refractivity contribution in [3.63, 3.8) is 0 Å². The van der Waals surface area contributed by atoms with Gasteiger partial charge in [0, 0.05) is 32.6 Å². The van der Waals surface area contributed by atoms with Gasteiger partial charge >= 0.3 is 0 Å². The molecule has 9 aromatic carbocycles. The first-order valence-electron chi connectivity index (χ1n) is 20.7. The van der Waals surface area contributed by atoms with Gasteiger partial charge in [0.05, 0.1) is 11.1 Å². The van der Waals surface area contributed by atoms with Crippen molar-refractivity contribution < 1.29 is 30.9 Å². The highest BCUT2D eigenvalue weighted by atomic mass is 31.2. The van der Waals surface area contributed by atoms with E-state index in [1.165, 1.54) is 72.8 Å². The molecule has 66 heavy (non-hydrogen) atoms. The smallest absolute Gasteiger partial charge is 0.171 e. The van der Waals surface area contributed by atoms with Gasteiger partial charge in [-0.1, -0.05) is 140 Å². The fourth-order valence-corrected chi connectivity index (χ4v) is 10.8. The number of benzene rings is 9. The molecule has 0 amide bonds. The van der Waals surface area contributed by atoms with Gasteiger partial charge in [0.2, 0.25) is 0 Å². The summed E-state index contributed by atoms with van der Waals surface area (Å²) in [5.74, 6) is -6.78. The van der Waals surface area contributed by atoms with Gasteiger partial charge < -0.3 is 4.57 Å². The SMILES string of the molecule is O=P(c1ccccc1)(c1ccccc1)c1ccc(-c2ccc(-c3c(F)c(F)c(-c4ccc(-c5nc(-c6ccc(F)cc6)nc(-c6ccc(F)cc6)n5)c5ccccc45)c(F)c3F)cc2)cc1. The van der Waals surface area contributed by atoms with Crippen LogP contribution < -0.4 is 15.9 Å². The first-order valence-corrected chi connectivity index (χ1v) is 22.4. The first-order chi connectivity index (χ1) is 32.1. The Hall–Kier alpha value is -7.94. The quantitative estimate of drug-likeness (QED) is 0.0823. The lowest BCUT2D eigenvalue weighted by Crippen LogP contribution is -2.24. The largest absolute Gasteiger partial charge is 0.309 e. The number of rotatable bonds is 9. The Morgan fingerprint density at radius 2 is 0.652 bits per heavy atom. The van der Waals surface area contributed by atoms with Crippen molar-refractivity contribution in [3.8, 4) is 67.5 Å². The van der Waals surface area contributed by atoms with Crippen molar-refractivity contribution in [1.29, 1.82) is 0 Å². The molecule has 1 aromatic heterocycles.